The molecule has 0 saturated heterocycles. The Bertz CT molecular complexity index is 634. The Hall–Kier alpha value is -2.34. The van der Waals surface area contributed by atoms with E-state index >= 15 is 0 Å². The predicted octanol–water partition coefficient (Wildman–Crippen LogP) is 2.65. The lowest BCUT2D eigenvalue weighted by Gasteiger charge is -1.80. The number of hydrogen-bond donors (Lipinski definition) is 1. The van der Waals surface area contributed by atoms with Crippen LogP contribution in [0, 0.1) is 0 Å². The van der Waals surface area contributed by atoms with E-state index < -0.39 is 0 Å². The minimum absolute atomic E-state index is 0.963. The summed E-state index contributed by atoms with van der Waals surface area (Å²) in [6.45, 7) is 0. The summed E-state index contributed by atoms with van der Waals surface area (Å²) in [6.07, 6.45) is 5.14. The Kier molecular flexibility index (Phi) is 2.93. The van der Waals surface area contributed by atoms with Crippen molar-refractivity contribution in [1.82, 2.24) is 23.7 Å². The summed E-state index contributed by atoms with van der Waals surface area (Å²) in [5.74, 6) is 0. The van der Waals surface area contributed by atoms with Crippen LogP contribution in [0.1, 0.15) is 0 Å². The van der Waals surface area contributed by atoms with E-state index in [9.17, 15) is 0 Å². The molecule has 1 N–H and O–H groups in total. The number of nitrogens with zero attached hydrogens (tertiary/aromatic N) is 4. The van der Waals surface area contributed by atoms with E-state index in [1.165, 1.54) is 11.7 Å². The third-order valence-electron chi connectivity index (χ3n) is 2.38. The van der Waals surface area contributed by atoms with Gasteiger partial charge in [0.15, 0.2) is 0 Å². The monoisotopic (exact) mass is 255 g/mol. The first kappa shape index (κ1) is 10.8. The van der Waals surface area contributed by atoms with Gasteiger partial charge in [0.25, 0.3) is 0 Å². The molecule has 5 nitrogen and oxygen atoms in total. The van der Waals surface area contributed by atoms with Crippen molar-refractivity contribution < 1.29 is 0 Å². The molecule has 0 saturated carbocycles. The van der Waals surface area contributed by atoms with Gasteiger partial charge in [-0.15, -0.1) is 0 Å². The number of aromatic amines is 1. The molecule has 0 unspecified atom stereocenters. The van der Waals surface area contributed by atoms with Crippen LogP contribution < -0.4 is 0 Å². The lowest BCUT2D eigenvalue weighted by Crippen LogP contribution is -1.69. The van der Waals surface area contributed by atoms with Crippen LogP contribution in [0.4, 0.5) is 0 Å². The number of H-pyrrole nitrogens is 1. The van der Waals surface area contributed by atoms with Crippen LogP contribution in [-0.2, 0) is 0 Å². The van der Waals surface area contributed by atoms with Crippen molar-refractivity contribution in [3.05, 3.63) is 49.1 Å². The summed E-state index contributed by atoms with van der Waals surface area (Å²) >= 11 is 1.25. The second kappa shape index (κ2) is 4.89. The number of pyridine rings is 1. The van der Waals surface area contributed by atoms with Gasteiger partial charge in [-0.2, -0.15) is 8.75 Å². The normalized spacial score (nSPS) is 10.2. The van der Waals surface area contributed by atoms with Gasteiger partial charge in [-0.05, 0) is 18.2 Å². The van der Waals surface area contributed by atoms with Gasteiger partial charge in [0, 0.05) is 6.20 Å². The summed E-state index contributed by atoms with van der Waals surface area (Å²) < 4.78 is 8.10. The summed E-state index contributed by atoms with van der Waals surface area (Å²) in [6, 6.07) is 9.71. The SMILES string of the molecule is c1cc2nc[nH]c2cn1.c1ccc2nsnc2c1. The van der Waals surface area contributed by atoms with E-state index in [4.69, 9.17) is 0 Å². The fourth-order valence-corrected chi connectivity index (χ4v) is 2.03. The molecule has 3 heterocycles. The highest BCUT2D eigenvalue weighted by atomic mass is 32.1. The Morgan fingerprint density at radius 2 is 1.72 bits per heavy atom. The molecule has 88 valence electrons. The molecular formula is C12H9N5S. The zero-order valence-electron chi connectivity index (χ0n) is 9.32. The zero-order valence-corrected chi connectivity index (χ0v) is 10.1. The molecule has 3 aromatic heterocycles. The Labute approximate surface area is 107 Å². The predicted molar refractivity (Wildman–Crippen MR) is 71.3 cm³/mol. The molecule has 0 bridgehead atoms. The first-order valence-corrected chi connectivity index (χ1v) is 6.07. The second-order valence-electron chi connectivity index (χ2n) is 3.55. The van der Waals surface area contributed by atoms with Gasteiger partial charge in [-0.1, -0.05) is 12.1 Å². The van der Waals surface area contributed by atoms with Gasteiger partial charge in [-0.3, -0.25) is 4.98 Å². The fraction of sp³-hybridized carbons (Fsp3) is 0. The van der Waals surface area contributed by atoms with Crippen molar-refractivity contribution in [2.75, 3.05) is 0 Å². The number of imidazole rings is 1. The Balaban J connectivity index is 0.000000111. The molecule has 6 heteroatoms. The topological polar surface area (TPSA) is 67.3 Å². The van der Waals surface area contributed by atoms with Gasteiger partial charge in [-0.25, -0.2) is 4.98 Å². The third kappa shape index (κ3) is 2.18. The van der Waals surface area contributed by atoms with Crippen LogP contribution >= 0.6 is 11.7 Å². The van der Waals surface area contributed by atoms with Gasteiger partial charge < -0.3 is 4.98 Å². The van der Waals surface area contributed by atoms with Crippen molar-refractivity contribution in [2.24, 2.45) is 0 Å². The lowest BCUT2D eigenvalue weighted by molar-refractivity contribution is 1.33. The van der Waals surface area contributed by atoms with E-state index in [-0.39, 0.29) is 0 Å². The zero-order chi connectivity index (χ0) is 12.2. The summed E-state index contributed by atoms with van der Waals surface area (Å²) in [5, 5.41) is 0. The molecule has 0 fully saturated rings. The molecule has 0 aliphatic carbocycles. The van der Waals surface area contributed by atoms with Crippen molar-refractivity contribution in [2.45, 2.75) is 0 Å². The summed E-state index contributed by atoms with van der Waals surface area (Å²) in [4.78, 5) is 10.9. The van der Waals surface area contributed by atoms with Crippen molar-refractivity contribution in [3.63, 3.8) is 0 Å². The first-order chi connectivity index (χ1) is 8.93. The maximum absolute atomic E-state index is 4.05. The Morgan fingerprint density at radius 1 is 0.944 bits per heavy atom. The molecule has 1 aromatic carbocycles. The molecule has 4 aromatic rings. The first-order valence-electron chi connectivity index (χ1n) is 5.34. The number of aromatic nitrogens is 5. The molecule has 0 aliphatic rings. The van der Waals surface area contributed by atoms with Crippen molar-refractivity contribution >= 4 is 33.8 Å². The number of fused-ring (bicyclic) bond motifs is 2. The van der Waals surface area contributed by atoms with Gasteiger partial charge in [0.05, 0.1) is 35.3 Å². The quantitative estimate of drug-likeness (QED) is 0.524. The minimum Gasteiger partial charge on any atom is -0.343 e. The van der Waals surface area contributed by atoms with Crippen LogP contribution in [0.25, 0.3) is 22.1 Å². The van der Waals surface area contributed by atoms with Crippen LogP contribution in [-0.4, -0.2) is 23.7 Å². The van der Waals surface area contributed by atoms with Gasteiger partial charge in [0.1, 0.15) is 11.0 Å². The van der Waals surface area contributed by atoms with Crippen molar-refractivity contribution in [1.29, 1.82) is 0 Å². The highest BCUT2D eigenvalue weighted by molar-refractivity contribution is 7.00. The molecule has 18 heavy (non-hydrogen) atoms. The van der Waals surface area contributed by atoms with Crippen LogP contribution in [0.3, 0.4) is 0 Å². The van der Waals surface area contributed by atoms with E-state index in [1.54, 1.807) is 18.7 Å². The van der Waals surface area contributed by atoms with Crippen LogP contribution in [0.5, 0.6) is 0 Å². The standard InChI is InChI=1S/C6H5N3.C6H4N2S/c1-2-7-3-6-5(1)8-4-9-6;1-2-4-6-5(3-1)7-9-8-6/h1-4H,(H,8,9);1-4H. The lowest BCUT2D eigenvalue weighted by atomic mass is 10.3. The molecular weight excluding hydrogens is 246 g/mol. The number of nitrogens with one attached hydrogen (secondary N) is 1. The average molecular weight is 255 g/mol. The van der Waals surface area contributed by atoms with E-state index in [1.807, 2.05) is 30.3 Å². The van der Waals surface area contributed by atoms with Crippen LogP contribution in [0.2, 0.25) is 0 Å². The second-order valence-corrected chi connectivity index (χ2v) is 4.08. The van der Waals surface area contributed by atoms with Gasteiger partial charge >= 0.3 is 0 Å². The summed E-state index contributed by atoms with van der Waals surface area (Å²) in [7, 11) is 0. The Morgan fingerprint density at radius 3 is 2.44 bits per heavy atom. The van der Waals surface area contributed by atoms with E-state index in [0.29, 0.717) is 0 Å². The fourth-order valence-electron chi connectivity index (χ4n) is 1.51. The minimum atomic E-state index is 0.963. The average Bonchev–Trinajstić information content (AvgIpc) is 3.08. The highest BCUT2D eigenvalue weighted by Gasteiger charge is 1.91. The molecule has 0 aliphatic heterocycles. The van der Waals surface area contributed by atoms with Crippen molar-refractivity contribution in [3.8, 4) is 0 Å². The molecule has 0 amide bonds. The molecule has 0 atom stereocenters. The van der Waals surface area contributed by atoms with Gasteiger partial charge in [0.2, 0.25) is 0 Å². The third-order valence-corrected chi connectivity index (χ3v) is 2.94. The molecule has 0 radical (unpaired) electrons. The maximum atomic E-state index is 4.05. The summed E-state index contributed by atoms with van der Waals surface area (Å²) in [5.41, 5.74) is 3.92. The van der Waals surface area contributed by atoms with Crippen LogP contribution in [0.15, 0.2) is 49.1 Å². The molecule has 0 spiro atoms. The van der Waals surface area contributed by atoms with E-state index in [2.05, 4.69) is 23.7 Å². The number of rotatable bonds is 0. The molecule has 4 rings (SSSR count). The maximum Gasteiger partial charge on any atom is 0.104 e. The van der Waals surface area contributed by atoms with E-state index in [0.717, 1.165) is 22.1 Å². The number of hydrogen-bond acceptors (Lipinski definition) is 5. The largest absolute Gasteiger partial charge is 0.343 e. The highest BCUT2D eigenvalue weighted by Crippen LogP contribution is 2.08. The smallest absolute Gasteiger partial charge is 0.104 e. The number of benzene rings is 1.